The molecule has 6 aromatic heterocycles. The molecule has 0 saturated carbocycles. The van der Waals surface area contributed by atoms with Crippen molar-refractivity contribution < 1.29 is 0 Å². The van der Waals surface area contributed by atoms with E-state index < -0.39 is 0 Å². The second-order valence-electron chi connectivity index (χ2n) is 8.90. The number of hydrogen-bond donors (Lipinski definition) is 0. The molecule has 0 fully saturated rings. The highest BCUT2D eigenvalue weighted by Gasteiger charge is 2.23. The van der Waals surface area contributed by atoms with Gasteiger partial charge in [0.05, 0.1) is 4.88 Å². The monoisotopic (exact) mass is 564 g/mol. The van der Waals surface area contributed by atoms with Gasteiger partial charge in [0.25, 0.3) is 0 Å². The Balaban J connectivity index is 1.55. The zero-order chi connectivity index (χ0) is 24.3. The van der Waals surface area contributed by atoms with Gasteiger partial charge in [-0.15, -0.1) is 68.0 Å². The van der Waals surface area contributed by atoms with E-state index in [2.05, 4.69) is 87.2 Å². The van der Waals surface area contributed by atoms with E-state index in [1.807, 2.05) is 68.0 Å². The zero-order valence-electron chi connectivity index (χ0n) is 20.1. The number of thiophene rings is 6. The second-order valence-corrected chi connectivity index (χ2v) is 14.8. The van der Waals surface area contributed by atoms with Crippen molar-refractivity contribution >= 4 is 68.0 Å². The van der Waals surface area contributed by atoms with Gasteiger partial charge in [-0.25, -0.2) is 0 Å². The van der Waals surface area contributed by atoms with Crippen LogP contribution >= 0.6 is 68.0 Å². The van der Waals surface area contributed by atoms with Gasteiger partial charge < -0.3 is 0 Å². The SMILES string of the molecule is Cc1ccsc1-c1cc(C)c(-c2cc(-c3sccc3C)sc2-c2sc(-c3sccc3C)cc2C)s1. The first-order valence-electron chi connectivity index (χ1n) is 11.4. The first kappa shape index (κ1) is 23.6. The van der Waals surface area contributed by atoms with E-state index >= 15 is 0 Å². The molecule has 0 saturated heterocycles. The summed E-state index contributed by atoms with van der Waals surface area (Å²) in [5, 5.41) is 6.62. The third-order valence-corrected chi connectivity index (χ3v) is 13.7. The number of rotatable bonds is 5. The van der Waals surface area contributed by atoms with Crippen molar-refractivity contribution in [3.63, 3.8) is 0 Å². The molecule has 0 nitrogen and oxygen atoms in total. The second kappa shape index (κ2) is 9.25. The third kappa shape index (κ3) is 4.14. The van der Waals surface area contributed by atoms with Crippen molar-refractivity contribution in [3.8, 4) is 49.5 Å². The zero-order valence-corrected chi connectivity index (χ0v) is 25.0. The van der Waals surface area contributed by atoms with Crippen LogP contribution in [0.25, 0.3) is 49.5 Å². The van der Waals surface area contributed by atoms with E-state index in [1.165, 1.54) is 77.3 Å². The van der Waals surface area contributed by atoms with Crippen molar-refractivity contribution in [2.75, 3.05) is 0 Å². The highest BCUT2D eigenvalue weighted by Crippen LogP contribution is 2.53. The summed E-state index contributed by atoms with van der Waals surface area (Å²) in [6.07, 6.45) is 0. The molecule has 0 unspecified atom stereocenters. The maximum absolute atomic E-state index is 2.46. The average molecular weight is 565 g/mol. The van der Waals surface area contributed by atoms with Gasteiger partial charge in [0.15, 0.2) is 0 Å². The van der Waals surface area contributed by atoms with Crippen molar-refractivity contribution in [1.29, 1.82) is 0 Å². The standard InChI is InChI=1S/C29H24S6/c1-15-6-9-30-25(15)21-12-18(4)24(33-21)20-14-23(27-17(3)8-11-32-27)35-29(20)28-19(5)13-22(34-28)26-16(2)7-10-31-26/h6-14H,1-5H3. The van der Waals surface area contributed by atoms with Gasteiger partial charge in [-0.1, -0.05) is 0 Å². The van der Waals surface area contributed by atoms with E-state index in [0.717, 1.165) is 0 Å². The van der Waals surface area contributed by atoms with Gasteiger partial charge in [0, 0.05) is 44.6 Å². The molecule has 0 aromatic carbocycles. The molecule has 6 rings (SSSR count). The Morgan fingerprint density at radius 1 is 0.400 bits per heavy atom. The van der Waals surface area contributed by atoms with Crippen molar-refractivity contribution in [2.45, 2.75) is 34.6 Å². The van der Waals surface area contributed by atoms with Crippen LogP contribution in [0.3, 0.4) is 0 Å². The van der Waals surface area contributed by atoms with Crippen LogP contribution in [0.1, 0.15) is 27.8 Å². The Kier molecular flexibility index (Phi) is 6.24. The molecule has 176 valence electrons. The largest absolute Gasteiger partial charge is 0.143 e. The summed E-state index contributed by atoms with van der Waals surface area (Å²) < 4.78 is 0. The fraction of sp³-hybridized carbons (Fsp3) is 0.172. The third-order valence-electron chi connectivity index (χ3n) is 6.28. The summed E-state index contributed by atoms with van der Waals surface area (Å²) in [5.74, 6) is 0. The maximum Gasteiger partial charge on any atom is 0.0539 e. The predicted octanol–water partition coefficient (Wildman–Crippen LogP) is 11.9. The summed E-state index contributed by atoms with van der Waals surface area (Å²) in [6.45, 7) is 11.2. The lowest BCUT2D eigenvalue weighted by molar-refractivity contribution is 1.52. The van der Waals surface area contributed by atoms with Gasteiger partial charge in [-0.05, 0) is 115 Å². The maximum atomic E-state index is 2.46. The van der Waals surface area contributed by atoms with Crippen molar-refractivity contribution in [3.05, 3.63) is 80.4 Å². The molecule has 0 atom stereocenters. The van der Waals surface area contributed by atoms with Crippen LogP contribution in [0.5, 0.6) is 0 Å². The molecule has 35 heavy (non-hydrogen) atoms. The highest BCUT2D eigenvalue weighted by atomic mass is 32.1. The normalized spacial score (nSPS) is 11.6. The quantitative estimate of drug-likeness (QED) is 0.195. The van der Waals surface area contributed by atoms with E-state index in [0.29, 0.717) is 0 Å². The molecule has 0 radical (unpaired) electrons. The average Bonchev–Trinajstić information content (AvgIpc) is 3.63. The van der Waals surface area contributed by atoms with E-state index in [1.54, 1.807) is 0 Å². The van der Waals surface area contributed by atoms with Crippen LogP contribution in [0, 0.1) is 34.6 Å². The predicted molar refractivity (Wildman–Crippen MR) is 165 cm³/mol. The van der Waals surface area contributed by atoms with Gasteiger partial charge in [-0.3, -0.25) is 0 Å². The van der Waals surface area contributed by atoms with Crippen molar-refractivity contribution in [2.24, 2.45) is 0 Å². The van der Waals surface area contributed by atoms with Crippen LogP contribution in [0.2, 0.25) is 0 Å². The molecule has 6 heterocycles. The van der Waals surface area contributed by atoms with Crippen molar-refractivity contribution in [1.82, 2.24) is 0 Å². The lowest BCUT2D eigenvalue weighted by atomic mass is 10.1. The minimum atomic E-state index is 1.37. The highest BCUT2D eigenvalue weighted by molar-refractivity contribution is 7.29. The molecule has 0 aliphatic heterocycles. The molecule has 6 heteroatoms. The molecule has 0 aliphatic carbocycles. The fourth-order valence-electron chi connectivity index (χ4n) is 4.40. The van der Waals surface area contributed by atoms with Gasteiger partial charge in [0.2, 0.25) is 0 Å². The van der Waals surface area contributed by atoms with Gasteiger partial charge in [-0.2, -0.15) is 0 Å². The molecule has 0 bridgehead atoms. The fourth-order valence-corrected chi connectivity index (χ4v) is 11.5. The molecular formula is C29H24S6. The van der Waals surface area contributed by atoms with Gasteiger partial charge in [0.1, 0.15) is 0 Å². The topological polar surface area (TPSA) is 0 Å². The first-order chi connectivity index (χ1) is 16.9. The van der Waals surface area contributed by atoms with Crippen LogP contribution in [0.4, 0.5) is 0 Å². The molecule has 6 aromatic rings. The summed E-state index contributed by atoms with van der Waals surface area (Å²) >= 11 is 11.4. The van der Waals surface area contributed by atoms with Crippen LogP contribution in [-0.2, 0) is 0 Å². The lowest BCUT2D eigenvalue weighted by Gasteiger charge is -2.03. The summed E-state index contributed by atoms with van der Waals surface area (Å²) in [5.41, 5.74) is 8.24. The minimum absolute atomic E-state index is 1.37. The minimum Gasteiger partial charge on any atom is -0.143 e. The van der Waals surface area contributed by atoms with E-state index in [9.17, 15) is 0 Å². The Bertz CT molecular complexity index is 1550. The van der Waals surface area contributed by atoms with Crippen LogP contribution in [0.15, 0.2) is 52.5 Å². The van der Waals surface area contributed by atoms with E-state index in [4.69, 9.17) is 0 Å². The summed E-state index contributed by atoms with van der Waals surface area (Å²) in [7, 11) is 0. The molecule has 0 amide bonds. The Labute approximate surface area is 230 Å². The number of aryl methyl sites for hydroxylation is 5. The Morgan fingerprint density at radius 2 is 0.800 bits per heavy atom. The summed E-state index contributed by atoms with van der Waals surface area (Å²) in [6, 6.07) is 13.9. The Morgan fingerprint density at radius 3 is 1.26 bits per heavy atom. The molecule has 0 N–H and O–H groups in total. The number of hydrogen-bond acceptors (Lipinski definition) is 6. The first-order valence-corrected chi connectivity index (χ1v) is 16.5. The molecule has 0 spiro atoms. The van der Waals surface area contributed by atoms with Crippen LogP contribution < -0.4 is 0 Å². The summed E-state index contributed by atoms with van der Waals surface area (Å²) in [4.78, 5) is 12.6. The van der Waals surface area contributed by atoms with Crippen LogP contribution in [-0.4, -0.2) is 0 Å². The smallest absolute Gasteiger partial charge is 0.0539 e. The lowest BCUT2D eigenvalue weighted by Crippen LogP contribution is -1.77. The Hall–Kier alpha value is -1.80. The van der Waals surface area contributed by atoms with E-state index in [-0.39, 0.29) is 0 Å². The molecule has 0 aliphatic rings. The molecular weight excluding hydrogens is 541 g/mol. The van der Waals surface area contributed by atoms with Gasteiger partial charge >= 0.3 is 0 Å².